The maximum atomic E-state index is 2.33. The van der Waals surface area contributed by atoms with Crippen molar-refractivity contribution >= 4 is 24.8 Å². The second-order valence-corrected chi connectivity index (χ2v) is 5.86. The van der Waals surface area contributed by atoms with Crippen LogP contribution in [0.25, 0.3) is 11.1 Å². The Labute approximate surface area is 170 Å². The van der Waals surface area contributed by atoms with Crippen molar-refractivity contribution < 1.29 is 26.2 Å². The molecule has 0 N–H and O–H groups in total. The fourth-order valence-electron chi connectivity index (χ4n) is 3.53. The maximum absolute atomic E-state index is 2.33. The summed E-state index contributed by atoms with van der Waals surface area (Å²) in [7, 11) is 0. The molecule has 0 fully saturated rings. The second-order valence-electron chi connectivity index (χ2n) is 5.86. The zero-order chi connectivity index (χ0) is 13.5. The van der Waals surface area contributed by atoms with Crippen LogP contribution in [0.15, 0.2) is 60.2 Å². The Bertz CT molecular complexity index is 760. The van der Waals surface area contributed by atoms with E-state index in [1.807, 2.05) is 0 Å². The average Bonchev–Trinajstić information content (AvgIpc) is 3.09. The topological polar surface area (TPSA) is 0 Å². The van der Waals surface area contributed by atoms with Crippen LogP contribution in [0.5, 0.6) is 0 Å². The van der Waals surface area contributed by atoms with Crippen molar-refractivity contribution in [2.75, 3.05) is 0 Å². The Morgan fingerprint density at radius 3 is 2.52 bits per heavy atom. The molecule has 2 aromatic rings. The first kappa shape index (κ1) is 20.4. The van der Waals surface area contributed by atoms with E-state index in [2.05, 4.69) is 61.5 Å². The molecule has 0 saturated heterocycles. The third-order valence-electron chi connectivity index (χ3n) is 4.54. The van der Waals surface area contributed by atoms with Crippen molar-refractivity contribution in [3.05, 3.63) is 82.5 Å². The largest absolute Gasteiger partial charge is 0.147 e. The van der Waals surface area contributed by atoms with Gasteiger partial charge in [-0.3, -0.25) is 0 Å². The first-order valence-corrected chi connectivity index (χ1v) is 7.37. The molecular formula is C20H20Cl2Zr. The van der Waals surface area contributed by atoms with E-state index >= 15 is 0 Å². The Kier molecular flexibility index (Phi) is 7.52. The van der Waals surface area contributed by atoms with Gasteiger partial charge in [-0.05, 0) is 59.6 Å². The van der Waals surface area contributed by atoms with Crippen LogP contribution in [0, 0.1) is 6.92 Å². The molecule has 0 nitrogen and oxygen atoms in total. The summed E-state index contributed by atoms with van der Waals surface area (Å²) >= 11 is 0. The van der Waals surface area contributed by atoms with E-state index in [1.165, 1.54) is 33.4 Å². The van der Waals surface area contributed by atoms with Crippen molar-refractivity contribution in [3.63, 3.8) is 0 Å². The number of allylic oxidation sites excluding steroid dienone is 4. The van der Waals surface area contributed by atoms with E-state index in [0.29, 0.717) is 0 Å². The van der Waals surface area contributed by atoms with Crippen LogP contribution >= 0.6 is 24.8 Å². The van der Waals surface area contributed by atoms with E-state index in [1.54, 1.807) is 5.56 Å². The first-order chi connectivity index (χ1) is 9.83. The van der Waals surface area contributed by atoms with Crippen molar-refractivity contribution in [1.82, 2.24) is 0 Å². The molecule has 0 unspecified atom stereocenters. The number of aryl methyl sites for hydroxylation is 1. The van der Waals surface area contributed by atoms with E-state index in [-0.39, 0.29) is 51.0 Å². The van der Waals surface area contributed by atoms with Crippen LogP contribution in [0.3, 0.4) is 0 Å². The Balaban J connectivity index is 0.000000882. The number of benzene rings is 2. The predicted octanol–water partition coefficient (Wildman–Crippen LogP) is 5.84. The molecule has 0 radical (unpaired) electrons. The molecule has 118 valence electrons. The van der Waals surface area contributed by atoms with Gasteiger partial charge >= 0.3 is 0 Å². The molecule has 0 saturated carbocycles. The van der Waals surface area contributed by atoms with E-state index in [9.17, 15) is 0 Å². The second kappa shape index (κ2) is 8.47. The first-order valence-electron chi connectivity index (χ1n) is 7.37. The molecule has 0 spiro atoms. The van der Waals surface area contributed by atoms with Crippen LogP contribution in [-0.2, 0) is 39.0 Å². The minimum Gasteiger partial charge on any atom is -0.147 e. The summed E-state index contributed by atoms with van der Waals surface area (Å²) in [5.74, 6) is 0. The van der Waals surface area contributed by atoms with Gasteiger partial charge in [0.1, 0.15) is 0 Å². The fourth-order valence-corrected chi connectivity index (χ4v) is 3.53. The number of fused-ring (bicyclic) bond motifs is 3. The third-order valence-corrected chi connectivity index (χ3v) is 4.54. The summed E-state index contributed by atoms with van der Waals surface area (Å²) in [5, 5.41) is 0. The van der Waals surface area contributed by atoms with Gasteiger partial charge in [-0.1, -0.05) is 60.2 Å². The molecule has 0 amide bonds. The molecular weight excluding hydrogens is 402 g/mol. The predicted molar refractivity (Wildman–Crippen MR) is 99.5 cm³/mol. The van der Waals surface area contributed by atoms with Gasteiger partial charge in [0.2, 0.25) is 0 Å². The van der Waals surface area contributed by atoms with Crippen molar-refractivity contribution in [1.29, 1.82) is 0 Å². The monoisotopic (exact) mass is 420 g/mol. The molecule has 2 aliphatic carbocycles. The molecule has 2 aliphatic rings. The van der Waals surface area contributed by atoms with E-state index in [4.69, 9.17) is 0 Å². The van der Waals surface area contributed by atoms with Gasteiger partial charge < -0.3 is 0 Å². The normalized spacial score (nSPS) is 13.2. The van der Waals surface area contributed by atoms with E-state index in [0.717, 1.165) is 19.3 Å². The van der Waals surface area contributed by atoms with Gasteiger partial charge in [0.05, 0.1) is 0 Å². The summed E-state index contributed by atoms with van der Waals surface area (Å²) in [5.41, 5.74) is 10.4. The number of rotatable bonds is 2. The summed E-state index contributed by atoms with van der Waals surface area (Å²) in [6, 6.07) is 13.5. The van der Waals surface area contributed by atoms with Gasteiger partial charge in [0.15, 0.2) is 0 Å². The molecule has 23 heavy (non-hydrogen) atoms. The summed E-state index contributed by atoms with van der Waals surface area (Å²) in [4.78, 5) is 0. The van der Waals surface area contributed by atoms with Crippen LogP contribution in [0.1, 0.15) is 28.7 Å². The van der Waals surface area contributed by atoms with Gasteiger partial charge in [-0.2, -0.15) is 0 Å². The Hall–Kier alpha value is -0.617. The van der Waals surface area contributed by atoms with Gasteiger partial charge in [-0.15, -0.1) is 24.8 Å². The molecule has 0 atom stereocenters. The van der Waals surface area contributed by atoms with E-state index < -0.39 is 0 Å². The Morgan fingerprint density at radius 2 is 1.78 bits per heavy atom. The standard InChI is InChI=1S/C20H18.2ClH.Zr/c1-14-10-11-17(12-15-6-2-3-7-15)19-13-16-8-4-5-9-18(16)20(14)19;;;/h2-6,8-11H,7,12-13H2,1H3;2*1H;. The van der Waals surface area contributed by atoms with Crippen LogP contribution in [0.2, 0.25) is 0 Å². The van der Waals surface area contributed by atoms with Crippen LogP contribution in [-0.4, -0.2) is 0 Å². The maximum Gasteiger partial charge on any atom is 0 e. The zero-order valence-corrected chi connectivity index (χ0v) is 17.2. The van der Waals surface area contributed by atoms with Crippen molar-refractivity contribution in [2.24, 2.45) is 0 Å². The summed E-state index contributed by atoms with van der Waals surface area (Å²) < 4.78 is 0. The van der Waals surface area contributed by atoms with Crippen LogP contribution in [0.4, 0.5) is 0 Å². The number of hydrogen-bond donors (Lipinski definition) is 0. The molecule has 0 bridgehead atoms. The number of halogens is 2. The van der Waals surface area contributed by atoms with Crippen molar-refractivity contribution in [2.45, 2.75) is 26.2 Å². The molecule has 0 aliphatic heterocycles. The summed E-state index contributed by atoms with van der Waals surface area (Å²) in [6.45, 7) is 2.24. The molecule has 0 heterocycles. The molecule has 3 heteroatoms. The number of hydrogen-bond acceptors (Lipinski definition) is 0. The SMILES string of the molecule is Cc1ccc(CC2=CC=CC2)c2c1-c1ccccc1C2.Cl.Cl.[Zr]. The van der Waals surface area contributed by atoms with Crippen molar-refractivity contribution in [3.8, 4) is 11.1 Å². The molecule has 4 rings (SSSR count). The molecule has 0 aromatic heterocycles. The minimum atomic E-state index is 0. The van der Waals surface area contributed by atoms with Crippen LogP contribution < -0.4 is 0 Å². The van der Waals surface area contributed by atoms with Gasteiger partial charge in [0, 0.05) is 26.2 Å². The van der Waals surface area contributed by atoms with Gasteiger partial charge in [0.25, 0.3) is 0 Å². The molecule has 2 aromatic carbocycles. The van der Waals surface area contributed by atoms with Gasteiger partial charge in [-0.25, -0.2) is 0 Å². The summed E-state index contributed by atoms with van der Waals surface area (Å²) in [6.07, 6.45) is 10.0. The minimum absolute atomic E-state index is 0. The quantitative estimate of drug-likeness (QED) is 0.487. The zero-order valence-electron chi connectivity index (χ0n) is 13.1. The smallest absolute Gasteiger partial charge is 0 e. The third kappa shape index (κ3) is 3.73. The Morgan fingerprint density at radius 1 is 1.00 bits per heavy atom. The average molecular weight is 423 g/mol. The fraction of sp³-hybridized carbons (Fsp3) is 0.200.